The van der Waals surface area contributed by atoms with E-state index in [-0.39, 0.29) is 11.0 Å². The number of benzene rings is 1. The second-order valence-corrected chi connectivity index (χ2v) is 10.0. The summed E-state index contributed by atoms with van der Waals surface area (Å²) in [5.41, 5.74) is -1.48. The fraction of sp³-hybridized carbons (Fsp3) is 0.333. The molecule has 5 rings (SSSR count). The fourth-order valence-corrected chi connectivity index (χ4v) is 5.05. The largest absolute Gasteiger partial charge is 0.493 e. The van der Waals surface area contributed by atoms with Crippen LogP contribution in [0.1, 0.15) is 31.4 Å². The van der Waals surface area contributed by atoms with E-state index < -0.39 is 35.6 Å². The van der Waals surface area contributed by atoms with Crippen molar-refractivity contribution in [2.45, 2.75) is 50.4 Å². The molecule has 4 aromatic rings. The standard InChI is InChI=1S/C27H25F3N4O3/c1-25(2,20-11-18(19-12-31-16-32-13-19)10-17-6-9-37-24(17)20)14-26(36,27(28,29)30)15-34-8-5-22(35)23-21(34)4-3-7-33-23/h3-5,7-8,10-13,16,36H,6,9,14-15H2,1-2H3. The Labute approximate surface area is 210 Å². The molecule has 1 N–H and O–H groups in total. The fourth-order valence-electron chi connectivity index (χ4n) is 5.05. The maximum absolute atomic E-state index is 14.5. The highest BCUT2D eigenvalue weighted by molar-refractivity contribution is 5.74. The number of hydrogen-bond donors (Lipinski definition) is 1. The number of aromatic nitrogens is 4. The number of hydrogen-bond acceptors (Lipinski definition) is 6. The van der Waals surface area contributed by atoms with Crippen LogP contribution in [-0.4, -0.2) is 43.0 Å². The van der Waals surface area contributed by atoms with Crippen molar-refractivity contribution in [1.29, 1.82) is 0 Å². The van der Waals surface area contributed by atoms with Gasteiger partial charge in [-0.15, -0.1) is 0 Å². The number of fused-ring (bicyclic) bond motifs is 2. The molecule has 0 spiro atoms. The van der Waals surface area contributed by atoms with Crippen molar-refractivity contribution in [2.24, 2.45) is 0 Å². The highest BCUT2D eigenvalue weighted by Gasteiger charge is 2.56. The van der Waals surface area contributed by atoms with Gasteiger partial charge in [-0.3, -0.25) is 9.78 Å². The van der Waals surface area contributed by atoms with Crippen LogP contribution >= 0.6 is 0 Å². The average Bonchev–Trinajstić information content (AvgIpc) is 3.33. The van der Waals surface area contributed by atoms with Gasteiger partial charge in [0.15, 0.2) is 5.60 Å². The quantitative estimate of drug-likeness (QED) is 0.412. The number of nitrogens with zero attached hydrogens (tertiary/aromatic N) is 4. The van der Waals surface area contributed by atoms with E-state index in [0.29, 0.717) is 24.3 Å². The molecule has 3 aromatic heterocycles. The van der Waals surface area contributed by atoms with E-state index in [1.807, 2.05) is 6.07 Å². The van der Waals surface area contributed by atoms with Crippen molar-refractivity contribution in [2.75, 3.05) is 6.61 Å². The van der Waals surface area contributed by atoms with Gasteiger partial charge >= 0.3 is 6.18 Å². The first kappa shape index (κ1) is 24.9. The number of aliphatic hydroxyl groups is 1. The van der Waals surface area contributed by atoms with Gasteiger partial charge < -0.3 is 14.4 Å². The molecule has 4 heterocycles. The van der Waals surface area contributed by atoms with Gasteiger partial charge in [0.25, 0.3) is 0 Å². The monoisotopic (exact) mass is 510 g/mol. The minimum atomic E-state index is -4.96. The van der Waals surface area contributed by atoms with Gasteiger partial charge in [0.2, 0.25) is 5.43 Å². The minimum absolute atomic E-state index is 0.0396. The van der Waals surface area contributed by atoms with E-state index in [4.69, 9.17) is 4.74 Å². The molecule has 0 amide bonds. The van der Waals surface area contributed by atoms with E-state index in [0.717, 1.165) is 22.8 Å². The summed E-state index contributed by atoms with van der Waals surface area (Å²) in [7, 11) is 0. The molecule has 1 atom stereocenters. The molecule has 192 valence electrons. The van der Waals surface area contributed by atoms with Crippen molar-refractivity contribution in [3.05, 3.63) is 82.8 Å². The first-order valence-electron chi connectivity index (χ1n) is 11.8. The van der Waals surface area contributed by atoms with E-state index in [1.165, 1.54) is 35.4 Å². The summed E-state index contributed by atoms with van der Waals surface area (Å²) in [6.07, 6.45) is 2.36. The zero-order valence-electron chi connectivity index (χ0n) is 20.3. The molecule has 0 bridgehead atoms. The SMILES string of the molecule is CC(C)(CC(O)(Cn1ccc(=O)c2ncccc21)C(F)(F)F)c1cc(-c2cncnc2)cc2c1OCC2. The maximum Gasteiger partial charge on any atom is 0.418 e. The molecule has 10 heteroatoms. The molecular weight excluding hydrogens is 485 g/mol. The van der Waals surface area contributed by atoms with Crippen LogP contribution in [0, 0.1) is 0 Å². The third-order valence-electron chi connectivity index (χ3n) is 6.84. The normalized spacial score (nSPS) is 15.3. The Bertz CT molecular complexity index is 1520. The van der Waals surface area contributed by atoms with Gasteiger partial charge in [0.05, 0.1) is 18.7 Å². The summed E-state index contributed by atoms with van der Waals surface area (Å²) in [4.78, 5) is 24.3. The summed E-state index contributed by atoms with van der Waals surface area (Å²) in [6, 6.07) is 7.93. The van der Waals surface area contributed by atoms with Crippen LogP contribution in [0.5, 0.6) is 5.75 Å². The first-order valence-corrected chi connectivity index (χ1v) is 11.8. The molecule has 1 unspecified atom stereocenters. The smallest absolute Gasteiger partial charge is 0.418 e. The second-order valence-electron chi connectivity index (χ2n) is 10.0. The maximum atomic E-state index is 14.5. The summed E-state index contributed by atoms with van der Waals surface area (Å²) < 4.78 is 50.7. The van der Waals surface area contributed by atoms with Crippen LogP contribution in [0.3, 0.4) is 0 Å². The minimum Gasteiger partial charge on any atom is -0.493 e. The molecule has 1 aromatic carbocycles. The molecule has 7 nitrogen and oxygen atoms in total. The van der Waals surface area contributed by atoms with Gasteiger partial charge in [0, 0.05) is 48.4 Å². The Kier molecular flexibility index (Phi) is 6.02. The zero-order chi connectivity index (χ0) is 26.4. The Morgan fingerprint density at radius 2 is 1.86 bits per heavy atom. The van der Waals surface area contributed by atoms with Gasteiger partial charge in [-0.05, 0) is 47.2 Å². The molecule has 37 heavy (non-hydrogen) atoms. The number of ether oxygens (including phenoxy) is 1. The molecule has 0 fully saturated rings. The lowest BCUT2D eigenvalue weighted by Crippen LogP contribution is -2.52. The topological polar surface area (TPSA) is 90.1 Å². The average molecular weight is 511 g/mol. The molecule has 0 saturated heterocycles. The lowest BCUT2D eigenvalue weighted by atomic mass is 9.73. The Morgan fingerprint density at radius 1 is 1.11 bits per heavy atom. The predicted octanol–water partition coefficient (Wildman–Crippen LogP) is 4.45. The molecule has 1 aliphatic rings. The van der Waals surface area contributed by atoms with Crippen LogP contribution in [-0.2, 0) is 18.4 Å². The summed E-state index contributed by atoms with van der Waals surface area (Å²) >= 11 is 0. The molecular formula is C27H25F3N4O3. The lowest BCUT2D eigenvalue weighted by molar-refractivity contribution is -0.271. The second kappa shape index (κ2) is 8.95. The van der Waals surface area contributed by atoms with Gasteiger partial charge in [-0.1, -0.05) is 13.8 Å². The number of pyridine rings is 2. The summed E-state index contributed by atoms with van der Waals surface area (Å²) in [5.74, 6) is 0.549. The van der Waals surface area contributed by atoms with Crippen LogP contribution in [0.2, 0.25) is 0 Å². The Balaban J connectivity index is 1.58. The molecule has 1 aliphatic heterocycles. The summed E-state index contributed by atoms with van der Waals surface area (Å²) in [6.45, 7) is 2.94. The van der Waals surface area contributed by atoms with E-state index >= 15 is 0 Å². The van der Waals surface area contributed by atoms with E-state index in [2.05, 4.69) is 15.0 Å². The Morgan fingerprint density at radius 3 is 2.59 bits per heavy atom. The highest BCUT2D eigenvalue weighted by Crippen LogP contribution is 2.47. The van der Waals surface area contributed by atoms with Crippen molar-refractivity contribution < 1.29 is 23.0 Å². The van der Waals surface area contributed by atoms with Crippen molar-refractivity contribution in [1.82, 2.24) is 19.5 Å². The number of halogens is 3. The van der Waals surface area contributed by atoms with Gasteiger partial charge in [-0.25, -0.2) is 9.97 Å². The van der Waals surface area contributed by atoms with Crippen LogP contribution in [0.15, 0.2) is 66.2 Å². The molecule has 0 saturated carbocycles. The van der Waals surface area contributed by atoms with Crippen molar-refractivity contribution >= 4 is 11.0 Å². The predicted molar refractivity (Wildman–Crippen MR) is 131 cm³/mol. The van der Waals surface area contributed by atoms with Crippen LogP contribution < -0.4 is 10.2 Å². The van der Waals surface area contributed by atoms with E-state index in [1.54, 1.807) is 32.3 Å². The van der Waals surface area contributed by atoms with E-state index in [9.17, 15) is 23.1 Å². The Hall–Kier alpha value is -3.79. The lowest BCUT2D eigenvalue weighted by Gasteiger charge is -2.39. The zero-order valence-corrected chi connectivity index (χ0v) is 20.3. The van der Waals surface area contributed by atoms with Crippen LogP contribution in [0.25, 0.3) is 22.2 Å². The van der Waals surface area contributed by atoms with Gasteiger partial charge in [0.1, 0.15) is 17.6 Å². The number of rotatable bonds is 6. The first-order chi connectivity index (χ1) is 17.5. The van der Waals surface area contributed by atoms with Crippen LogP contribution in [0.4, 0.5) is 13.2 Å². The summed E-state index contributed by atoms with van der Waals surface area (Å²) in [5, 5.41) is 11.3. The van der Waals surface area contributed by atoms with Gasteiger partial charge in [-0.2, -0.15) is 13.2 Å². The molecule has 0 aliphatic carbocycles. The third-order valence-corrected chi connectivity index (χ3v) is 6.84. The molecule has 0 radical (unpaired) electrons. The third kappa shape index (κ3) is 4.57. The highest BCUT2D eigenvalue weighted by atomic mass is 19.4. The number of alkyl halides is 3. The van der Waals surface area contributed by atoms with Crippen molar-refractivity contribution in [3.63, 3.8) is 0 Å². The van der Waals surface area contributed by atoms with Crippen molar-refractivity contribution in [3.8, 4) is 16.9 Å².